The van der Waals surface area contributed by atoms with E-state index in [1.165, 1.54) is 18.2 Å². The van der Waals surface area contributed by atoms with Gasteiger partial charge < -0.3 is 18.9 Å². The molecule has 2 heterocycles. The number of alkyl halides is 3. The number of aryl methyl sites for hydroxylation is 1. The Bertz CT molecular complexity index is 1140. The van der Waals surface area contributed by atoms with Crippen molar-refractivity contribution < 1.29 is 27.4 Å². The highest BCUT2D eigenvalue weighted by Crippen LogP contribution is 2.37. The Kier molecular flexibility index (Phi) is 6.31. The van der Waals surface area contributed by atoms with Crippen molar-refractivity contribution in [2.24, 2.45) is 0 Å². The predicted octanol–water partition coefficient (Wildman–Crippen LogP) is 4.89. The Morgan fingerprint density at radius 3 is 2.45 bits per heavy atom. The fraction of sp³-hybridized carbons (Fsp3) is 0.333. The molecule has 0 aliphatic carbocycles. The summed E-state index contributed by atoms with van der Waals surface area (Å²) in [6.07, 6.45) is -0.437. The topological polar surface area (TPSA) is 56.6 Å². The molecular formula is C24H24F3N3O3. The highest BCUT2D eigenvalue weighted by Gasteiger charge is 2.35. The molecule has 1 aliphatic heterocycles. The third-order valence-corrected chi connectivity index (χ3v) is 5.63. The van der Waals surface area contributed by atoms with Gasteiger partial charge in [0.15, 0.2) is 0 Å². The number of hydrogen-bond donors (Lipinski definition) is 0. The van der Waals surface area contributed by atoms with Crippen LogP contribution >= 0.6 is 0 Å². The Morgan fingerprint density at radius 1 is 1.09 bits per heavy atom. The fourth-order valence-corrected chi connectivity index (χ4v) is 3.92. The summed E-state index contributed by atoms with van der Waals surface area (Å²) in [6, 6.07) is 10.4. The number of likely N-dealkylation sites (tertiary alicyclic amines) is 1. The number of amides is 1. The molecule has 174 valence electrons. The van der Waals surface area contributed by atoms with E-state index in [2.05, 4.69) is 4.98 Å². The van der Waals surface area contributed by atoms with Crippen molar-refractivity contribution in [3.63, 3.8) is 0 Å². The van der Waals surface area contributed by atoms with Gasteiger partial charge in [0.25, 0.3) is 5.91 Å². The molecule has 3 aromatic rings. The molecule has 9 heteroatoms. The molecule has 1 aliphatic rings. The van der Waals surface area contributed by atoms with Crippen molar-refractivity contribution in [3.8, 4) is 17.2 Å². The number of carbonyl (C=O) groups excluding carboxylic acids is 1. The van der Waals surface area contributed by atoms with Gasteiger partial charge in [-0.25, -0.2) is 4.98 Å². The third kappa shape index (κ3) is 4.97. The van der Waals surface area contributed by atoms with E-state index >= 15 is 0 Å². The molecule has 1 saturated heterocycles. The van der Waals surface area contributed by atoms with E-state index in [0.29, 0.717) is 37.2 Å². The van der Waals surface area contributed by atoms with Crippen LogP contribution in [0.25, 0.3) is 5.69 Å². The summed E-state index contributed by atoms with van der Waals surface area (Å²) in [4.78, 5) is 18.9. The highest BCUT2D eigenvalue weighted by molar-refractivity contribution is 5.95. The van der Waals surface area contributed by atoms with Crippen LogP contribution in [0.4, 0.5) is 13.2 Å². The average molecular weight is 459 g/mol. The number of benzene rings is 2. The second-order valence-electron chi connectivity index (χ2n) is 7.91. The number of methoxy groups -OCH3 is 1. The molecule has 4 rings (SSSR count). The standard InChI is InChI=1S/C24H24F3N3O3/c1-16-14-30(15-28-16)20-8-7-17(13-22(20)32-2)23(31)29-11-9-18(10-12-29)33-21-6-4-3-5-19(21)24(25,26)27/h3-8,13-15,18H,9-12H2,1-2H3. The van der Waals surface area contributed by atoms with Crippen molar-refractivity contribution in [1.82, 2.24) is 14.5 Å². The second kappa shape index (κ2) is 9.17. The van der Waals surface area contributed by atoms with Crippen molar-refractivity contribution >= 4 is 5.91 Å². The maximum absolute atomic E-state index is 13.2. The molecule has 1 aromatic heterocycles. The molecule has 1 amide bonds. The summed E-state index contributed by atoms with van der Waals surface area (Å²) in [5.41, 5.74) is 1.32. The molecule has 0 unspecified atom stereocenters. The van der Waals surface area contributed by atoms with E-state index in [1.807, 2.05) is 17.7 Å². The quantitative estimate of drug-likeness (QED) is 0.545. The molecule has 0 atom stereocenters. The lowest BCUT2D eigenvalue weighted by atomic mass is 10.1. The second-order valence-corrected chi connectivity index (χ2v) is 7.91. The van der Waals surface area contributed by atoms with Gasteiger partial charge in [0.2, 0.25) is 0 Å². The van der Waals surface area contributed by atoms with Gasteiger partial charge in [-0.1, -0.05) is 12.1 Å². The normalized spacial score (nSPS) is 14.9. The third-order valence-electron chi connectivity index (χ3n) is 5.63. The number of piperidine rings is 1. The summed E-state index contributed by atoms with van der Waals surface area (Å²) < 4.78 is 52.6. The molecule has 0 spiro atoms. The maximum atomic E-state index is 13.2. The van der Waals surface area contributed by atoms with Crippen LogP contribution in [-0.2, 0) is 6.18 Å². The van der Waals surface area contributed by atoms with E-state index in [-0.39, 0.29) is 17.8 Å². The zero-order chi connectivity index (χ0) is 23.6. The number of halogens is 3. The van der Waals surface area contributed by atoms with Crippen molar-refractivity contribution in [3.05, 3.63) is 71.8 Å². The van der Waals surface area contributed by atoms with Gasteiger partial charge in [-0.3, -0.25) is 4.79 Å². The number of hydrogen-bond acceptors (Lipinski definition) is 4. The lowest BCUT2D eigenvalue weighted by molar-refractivity contribution is -0.139. The van der Waals surface area contributed by atoms with Crippen LogP contribution in [0.15, 0.2) is 55.0 Å². The van der Waals surface area contributed by atoms with E-state index in [0.717, 1.165) is 17.4 Å². The van der Waals surface area contributed by atoms with Gasteiger partial charge in [-0.05, 0) is 37.3 Å². The predicted molar refractivity (Wildman–Crippen MR) is 116 cm³/mol. The minimum absolute atomic E-state index is 0.157. The largest absolute Gasteiger partial charge is 0.495 e. The maximum Gasteiger partial charge on any atom is 0.419 e. The summed E-state index contributed by atoms with van der Waals surface area (Å²) >= 11 is 0. The fourth-order valence-electron chi connectivity index (χ4n) is 3.92. The zero-order valence-corrected chi connectivity index (χ0v) is 18.3. The van der Waals surface area contributed by atoms with Crippen LogP contribution in [0.5, 0.6) is 11.5 Å². The minimum atomic E-state index is -4.48. The van der Waals surface area contributed by atoms with E-state index < -0.39 is 11.7 Å². The number of imidazole rings is 1. The SMILES string of the molecule is COc1cc(C(=O)N2CCC(Oc3ccccc3C(F)(F)F)CC2)ccc1-n1cnc(C)c1. The number of carbonyl (C=O) groups is 1. The lowest BCUT2D eigenvalue weighted by Crippen LogP contribution is -2.42. The number of rotatable bonds is 5. The first-order valence-corrected chi connectivity index (χ1v) is 10.6. The van der Waals surface area contributed by atoms with Gasteiger partial charge in [-0.15, -0.1) is 0 Å². The van der Waals surface area contributed by atoms with Crippen LogP contribution in [0.1, 0.15) is 34.5 Å². The Hall–Kier alpha value is -3.49. The molecule has 1 fully saturated rings. The van der Waals surface area contributed by atoms with E-state index in [4.69, 9.17) is 9.47 Å². The monoisotopic (exact) mass is 459 g/mol. The summed E-state index contributed by atoms with van der Waals surface area (Å²) in [5, 5.41) is 0. The van der Waals surface area contributed by atoms with Gasteiger partial charge in [0, 0.05) is 37.7 Å². The summed E-state index contributed by atoms with van der Waals surface area (Å²) in [5.74, 6) is 0.209. The summed E-state index contributed by atoms with van der Waals surface area (Å²) in [7, 11) is 1.54. The van der Waals surface area contributed by atoms with Crippen LogP contribution in [0, 0.1) is 6.92 Å². The first-order chi connectivity index (χ1) is 15.8. The van der Waals surface area contributed by atoms with Crippen LogP contribution in [0.3, 0.4) is 0 Å². The molecule has 2 aromatic carbocycles. The van der Waals surface area contributed by atoms with Crippen LogP contribution in [-0.4, -0.2) is 46.7 Å². The van der Waals surface area contributed by atoms with Gasteiger partial charge >= 0.3 is 6.18 Å². The molecule has 0 N–H and O–H groups in total. The Morgan fingerprint density at radius 2 is 1.82 bits per heavy atom. The smallest absolute Gasteiger partial charge is 0.419 e. The number of nitrogens with zero attached hydrogens (tertiary/aromatic N) is 3. The van der Waals surface area contributed by atoms with Crippen LogP contribution in [0.2, 0.25) is 0 Å². The summed E-state index contributed by atoms with van der Waals surface area (Å²) in [6.45, 7) is 2.67. The zero-order valence-electron chi connectivity index (χ0n) is 18.3. The van der Waals surface area contributed by atoms with Gasteiger partial charge in [0.05, 0.1) is 30.4 Å². The van der Waals surface area contributed by atoms with Crippen molar-refractivity contribution in [2.45, 2.75) is 32.0 Å². The van der Waals surface area contributed by atoms with E-state index in [1.54, 1.807) is 36.5 Å². The molecule has 0 radical (unpaired) electrons. The number of para-hydroxylation sites is 1. The molecule has 0 bridgehead atoms. The molecule has 33 heavy (non-hydrogen) atoms. The van der Waals surface area contributed by atoms with Gasteiger partial charge in [-0.2, -0.15) is 13.2 Å². The van der Waals surface area contributed by atoms with E-state index in [9.17, 15) is 18.0 Å². The lowest BCUT2D eigenvalue weighted by Gasteiger charge is -2.32. The average Bonchev–Trinajstić information content (AvgIpc) is 3.24. The minimum Gasteiger partial charge on any atom is -0.495 e. The number of aromatic nitrogens is 2. The first kappa shape index (κ1) is 22.7. The highest BCUT2D eigenvalue weighted by atomic mass is 19.4. The number of ether oxygens (including phenoxy) is 2. The molecule has 6 nitrogen and oxygen atoms in total. The molecular weight excluding hydrogens is 435 g/mol. The van der Waals surface area contributed by atoms with Gasteiger partial charge in [0.1, 0.15) is 17.6 Å². The van der Waals surface area contributed by atoms with Crippen molar-refractivity contribution in [2.75, 3.05) is 20.2 Å². The Balaban J connectivity index is 1.42. The van der Waals surface area contributed by atoms with Crippen LogP contribution < -0.4 is 9.47 Å². The van der Waals surface area contributed by atoms with Crippen molar-refractivity contribution in [1.29, 1.82) is 0 Å². The molecule has 0 saturated carbocycles. The first-order valence-electron chi connectivity index (χ1n) is 10.6. The Labute approximate surface area is 189 Å².